The van der Waals surface area contributed by atoms with Gasteiger partial charge in [0.05, 0.1) is 5.69 Å². The minimum absolute atomic E-state index is 0.466. The molecule has 0 amide bonds. The summed E-state index contributed by atoms with van der Waals surface area (Å²) in [5, 5.41) is 0. The van der Waals surface area contributed by atoms with E-state index < -0.39 is 11.6 Å². The molecule has 0 N–H and O–H groups in total. The van der Waals surface area contributed by atoms with Gasteiger partial charge in [0.2, 0.25) is 0 Å². The van der Waals surface area contributed by atoms with E-state index in [1.807, 2.05) is 11.8 Å². The van der Waals surface area contributed by atoms with Crippen LogP contribution in [0.4, 0.5) is 14.5 Å². The van der Waals surface area contributed by atoms with Gasteiger partial charge in [-0.2, -0.15) is 0 Å². The normalized spacial score (nSPS) is 13.9. The number of rotatable bonds is 10. The van der Waals surface area contributed by atoms with E-state index >= 15 is 0 Å². The lowest BCUT2D eigenvalue weighted by atomic mass is 9.91. The van der Waals surface area contributed by atoms with Gasteiger partial charge in [-0.3, -0.25) is 0 Å². The molecule has 0 spiro atoms. The highest BCUT2D eigenvalue weighted by molar-refractivity contribution is 5.47. The number of hydrogen-bond acceptors (Lipinski definition) is 1. The lowest BCUT2D eigenvalue weighted by Crippen LogP contribution is -2.29. The Kier molecular flexibility index (Phi) is 8.44. The minimum atomic E-state index is -0.518. The van der Waals surface area contributed by atoms with Gasteiger partial charge in [-0.25, -0.2) is 8.78 Å². The summed E-state index contributed by atoms with van der Waals surface area (Å²) < 4.78 is 27.0. The van der Waals surface area contributed by atoms with Crippen molar-refractivity contribution in [3.05, 3.63) is 29.8 Å². The van der Waals surface area contributed by atoms with E-state index in [9.17, 15) is 8.78 Å². The zero-order valence-electron chi connectivity index (χ0n) is 14.5. The molecule has 0 aliphatic heterocycles. The number of benzene rings is 1. The molecule has 0 bridgehead atoms. The van der Waals surface area contributed by atoms with Crippen molar-refractivity contribution in [2.24, 2.45) is 11.8 Å². The lowest BCUT2D eigenvalue weighted by Gasteiger charge is -2.27. The molecule has 1 rings (SSSR count). The molecule has 0 fully saturated rings. The topological polar surface area (TPSA) is 3.24 Å². The number of nitrogens with zero attached hydrogens (tertiary/aromatic N) is 1. The first-order valence-electron chi connectivity index (χ1n) is 8.71. The van der Waals surface area contributed by atoms with Crippen LogP contribution in [-0.2, 0) is 0 Å². The molecule has 0 saturated heterocycles. The summed E-state index contributed by atoms with van der Waals surface area (Å²) in [5.41, 5.74) is 0.511. The first kappa shape index (κ1) is 18.9. The zero-order valence-corrected chi connectivity index (χ0v) is 14.5. The predicted octanol–water partition coefficient (Wildman–Crippen LogP) is 6.03. The molecule has 3 heteroatoms. The molecule has 0 heterocycles. The quantitative estimate of drug-likeness (QED) is 0.509. The number of hydrogen-bond donors (Lipinski definition) is 0. The van der Waals surface area contributed by atoms with E-state index in [2.05, 4.69) is 20.8 Å². The highest BCUT2D eigenvalue weighted by Crippen LogP contribution is 2.24. The molecule has 1 aromatic carbocycles. The standard InChI is InChI=1S/C19H31F2N/c1-5-8-16(6-2)10-9-15(4)14-22(7-3)19-12-11-17(20)13-18(19)21/h11-13,15-16H,5-10,14H2,1-4H3. The molecule has 0 saturated carbocycles. The van der Waals surface area contributed by atoms with Crippen LogP contribution in [0.25, 0.3) is 0 Å². The summed E-state index contributed by atoms with van der Waals surface area (Å²) in [7, 11) is 0. The Hall–Kier alpha value is -1.12. The molecule has 0 aliphatic rings. The highest BCUT2D eigenvalue weighted by Gasteiger charge is 2.15. The van der Waals surface area contributed by atoms with Gasteiger partial charge in [0.25, 0.3) is 0 Å². The summed E-state index contributed by atoms with van der Waals surface area (Å²) in [4.78, 5) is 2.01. The van der Waals surface area contributed by atoms with Gasteiger partial charge < -0.3 is 4.90 Å². The SMILES string of the molecule is CCCC(CC)CCC(C)CN(CC)c1ccc(F)cc1F. The Morgan fingerprint density at radius 2 is 1.77 bits per heavy atom. The molecule has 2 atom stereocenters. The maximum atomic E-state index is 13.9. The van der Waals surface area contributed by atoms with Gasteiger partial charge in [0.15, 0.2) is 0 Å². The molecule has 2 unspecified atom stereocenters. The highest BCUT2D eigenvalue weighted by atomic mass is 19.1. The van der Waals surface area contributed by atoms with Crippen LogP contribution < -0.4 is 4.90 Å². The maximum Gasteiger partial charge on any atom is 0.149 e. The Morgan fingerprint density at radius 3 is 2.32 bits per heavy atom. The van der Waals surface area contributed by atoms with Crippen LogP contribution >= 0.6 is 0 Å². The summed E-state index contributed by atoms with van der Waals surface area (Å²) in [6.07, 6.45) is 6.19. The van der Waals surface area contributed by atoms with Crippen molar-refractivity contribution in [2.45, 2.75) is 59.8 Å². The third kappa shape index (κ3) is 5.94. The molecule has 0 aromatic heterocycles. The fourth-order valence-corrected chi connectivity index (χ4v) is 3.08. The van der Waals surface area contributed by atoms with E-state index in [1.54, 1.807) is 6.07 Å². The van der Waals surface area contributed by atoms with Crippen LogP contribution in [0.3, 0.4) is 0 Å². The van der Waals surface area contributed by atoms with Gasteiger partial charge in [-0.15, -0.1) is 0 Å². The third-order valence-electron chi connectivity index (χ3n) is 4.51. The molecular formula is C19H31F2N. The summed E-state index contributed by atoms with van der Waals surface area (Å²) in [6.45, 7) is 10.3. The second-order valence-electron chi connectivity index (χ2n) is 6.38. The Morgan fingerprint density at radius 1 is 1.05 bits per heavy atom. The first-order chi connectivity index (χ1) is 10.5. The molecule has 126 valence electrons. The van der Waals surface area contributed by atoms with Crippen molar-refractivity contribution in [2.75, 3.05) is 18.0 Å². The monoisotopic (exact) mass is 311 g/mol. The van der Waals surface area contributed by atoms with Crippen LogP contribution in [0.15, 0.2) is 18.2 Å². The first-order valence-corrected chi connectivity index (χ1v) is 8.71. The van der Waals surface area contributed by atoms with Gasteiger partial charge in [0, 0.05) is 19.2 Å². The van der Waals surface area contributed by atoms with Crippen molar-refractivity contribution in [3.8, 4) is 0 Å². The summed E-state index contributed by atoms with van der Waals surface area (Å²) in [5.74, 6) is 0.336. The van der Waals surface area contributed by atoms with Gasteiger partial charge in [-0.05, 0) is 37.3 Å². The zero-order chi connectivity index (χ0) is 16.5. The van der Waals surface area contributed by atoms with Crippen molar-refractivity contribution in [1.29, 1.82) is 0 Å². The maximum absolute atomic E-state index is 13.9. The van der Waals surface area contributed by atoms with Gasteiger partial charge >= 0.3 is 0 Å². The fraction of sp³-hybridized carbons (Fsp3) is 0.684. The molecule has 0 aliphatic carbocycles. The van der Waals surface area contributed by atoms with Crippen LogP contribution in [-0.4, -0.2) is 13.1 Å². The van der Waals surface area contributed by atoms with Crippen LogP contribution in [0, 0.1) is 23.5 Å². The number of halogens is 2. The third-order valence-corrected chi connectivity index (χ3v) is 4.51. The Labute approximate surface area is 134 Å². The van der Waals surface area contributed by atoms with Crippen LogP contribution in [0.2, 0.25) is 0 Å². The van der Waals surface area contributed by atoms with Gasteiger partial charge in [0.1, 0.15) is 11.6 Å². The van der Waals surface area contributed by atoms with E-state index in [-0.39, 0.29) is 0 Å². The Bertz CT molecular complexity index is 433. The van der Waals surface area contributed by atoms with Crippen molar-refractivity contribution in [3.63, 3.8) is 0 Å². The van der Waals surface area contributed by atoms with E-state index in [1.165, 1.54) is 31.7 Å². The number of anilines is 1. The average molecular weight is 311 g/mol. The molecule has 1 nitrogen and oxygen atoms in total. The van der Waals surface area contributed by atoms with Crippen LogP contribution in [0.5, 0.6) is 0 Å². The van der Waals surface area contributed by atoms with Crippen molar-refractivity contribution >= 4 is 5.69 Å². The Balaban J connectivity index is 2.58. The molecule has 22 heavy (non-hydrogen) atoms. The van der Waals surface area contributed by atoms with Crippen molar-refractivity contribution < 1.29 is 8.78 Å². The second kappa shape index (κ2) is 9.81. The molecular weight excluding hydrogens is 280 g/mol. The van der Waals surface area contributed by atoms with Gasteiger partial charge in [-0.1, -0.05) is 46.5 Å². The van der Waals surface area contributed by atoms with Crippen LogP contribution in [0.1, 0.15) is 59.8 Å². The summed E-state index contributed by atoms with van der Waals surface area (Å²) in [6, 6.07) is 3.85. The predicted molar refractivity (Wildman–Crippen MR) is 91.3 cm³/mol. The smallest absolute Gasteiger partial charge is 0.149 e. The summed E-state index contributed by atoms with van der Waals surface area (Å²) >= 11 is 0. The van der Waals surface area contributed by atoms with E-state index in [4.69, 9.17) is 0 Å². The molecule has 0 radical (unpaired) electrons. The largest absolute Gasteiger partial charge is 0.369 e. The lowest BCUT2D eigenvalue weighted by molar-refractivity contribution is 0.376. The molecule has 1 aromatic rings. The minimum Gasteiger partial charge on any atom is -0.369 e. The fourth-order valence-electron chi connectivity index (χ4n) is 3.08. The average Bonchev–Trinajstić information content (AvgIpc) is 2.49. The van der Waals surface area contributed by atoms with E-state index in [0.717, 1.165) is 31.5 Å². The van der Waals surface area contributed by atoms with Crippen molar-refractivity contribution in [1.82, 2.24) is 0 Å². The van der Waals surface area contributed by atoms with E-state index in [0.29, 0.717) is 11.6 Å². The second-order valence-corrected chi connectivity index (χ2v) is 6.38.